The maximum absolute atomic E-state index is 13.7. The number of H-pyrrole nitrogens is 1. The van der Waals surface area contributed by atoms with E-state index in [4.69, 9.17) is 4.74 Å². The van der Waals surface area contributed by atoms with Crippen LogP contribution in [0.25, 0.3) is 11.1 Å². The molecule has 40 heavy (non-hydrogen) atoms. The quantitative estimate of drug-likeness (QED) is 0.223. The lowest BCUT2D eigenvalue weighted by Gasteiger charge is -2.25. The van der Waals surface area contributed by atoms with Gasteiger partial charge in [0.05, 0.1) is 0 Å². The van der Waals surface area contributed by atoms with E-state index < -0.39 is 5.92 Å². The maximum atomic E-state index is 13.7. The van der Waals surface area contributed by atoms with Gasteiger partial charge in [0.25, 0.3) is 17.8 Å². The monoisotopic (exact) mass is 547 g/mol. The van der Waals surface area contributed by atoms with Gasteiger partial charge in [-0.25, -0.2) is 8.78 Å². The van der Waals surface area contributed by atoms with Gasteiger partial charge in [-0.05, 0) is 89.4 Å². The van der Waals surface area contributed by atoms with Crippen molar-refractivity contribution in [2.45, 2.75) is 66.4 Å². The van der Waals surface area contributed by atoms with Crippen LogP contribution in [0, 0.1) is 19.3 Å². The van der Waals surface area contributed by atoms with Crippen LogP contribution in [0.4, 0.5) is 14.7 Å². The molecule has 3 aromatic carbocycles. The zero-order valence-corrected chi connectivity index (χ0v) is 23.7. The number of benzene rings is 3. The fourth-order valence-corrected chi connectivity index (χ4v) is 4.64. The first-order valence-electron chi connectivity index (χ1n) is 13.2. The molecule has 0 bridgehead atoms. The Morgan fingerprint density at radius 1 is 0.975 bits per heavy atom. The van der Waals surface area contributed by atoms with E-state index >= 15 is 0 Å². The third-order valence-electron chi connectivity index (χ3n) is 6.74. The van der Waals surface area contributed by atoms with Crippen LogP contribution in [0.3, 0.4) is 0 Å². The Balaban J connectivity index is 1.57. The number of anilines is 1. The number of carbonyl (C=O) groups excluding carboxylic acids is 1. The van der Waals surface area contributed by atoms with Crippen LogP contribution in [-0.4, -0.2) is 26.5 Å². The standard InChI is InChI=1S/C31H35F2N5O2/c1-19-17-25(18-20(2)27(19)22-11-13-24(14-12-22)31(6,32)33)40-26(15-16-30(3,4)5)21-7-9-23(10-8-21)28(39)34-29-35-37-38-36-29/h7-14,17-18,26H,15-16H2,1-6H3,(H2,34,35,36,37,38,39). The molecule has 210 valence electrons. The first kappa shape index (κ1) is 28.9. The topological polar surface area (TPSA) is 92.8 Å². The molecule has 1 heterocycles. The van der Waals surface area contributed by atoms with Gasteiger partial charge in [0.1, 0.15) is 11.9 Å². The Hall–Kier alpha value is -4.14. The van der Waals surface area contributed by atoms with E-state index in [-0.39, 0.29) is 28.9 Å². The summed E-state index contributed by atoms with van der Waals surface area (Å²) in [7, 11) is 0. The van der Waals surface area contributed by atoms with Gasteiger partial charge in [0.15, 0.2) is 0 Å². The molecule has 0 aliphatic heterocycles. The molecule has 2 N–H and O–H groups in total. The maximum Gasteiger partial charge on any atom is 0.270 e. The molecule has 9 heteroatoms. The Kier molecular flexibility index (Phi) is 8.32. The second kappa shape index (κ2) is 11.5. The summed E-state index contributed by atoms with van der Waals surface area (Å²) < 4.78 is 33.9. The lowest BCUT2D eigenvalue weighted by Crippen LogP contribution is -2.15. The van der Waals surface area contributed by atoms with E-state index in [1.807, 2.05) is 38.1 Å². The van der Waals surface area contributed by atoms with Gasteiger partial charge in [0, 0.05) is 18.1 Å². The van der Waals surface area contributed by atoms with Crippen molar-refractivity contribution >= 4 is 11.9 Å². The van der Waals surface area contributed by atoms with Gasteiger partial charge in [-0.1, -0.05) is 62.3 Å². The number of aromatic amines is 1. The molecule has 0 saturated carbocycles. The molecule has 0 radical (unpaired) electrons. The Bertz CT molecular complexity index is 1420. The summed E-state index contributed by atoms with van der Waals surface area (Å²) in [5, 5.41) is 15.8. The van der Waals surface area contributed by atoms with Crippen molar-refractivity contribution in [2.75, 3.05) is 5.32 Å². The normalized spacial score (nSPS) is 12.7. The van der Waals surface area contributed by atoms with Gasteiger partial charge in [-0.15, -0.1) is 5.10 Å². The highest BCUT2D eigenvalue weighted by molar-refractivity contribution is 6.03. The summed E-state index contributed by atoms with van der Waals surface area (Å²) in [5.41, 5.74) is 5.40. The summed E-state index contributed by atoms with van der Waals surface area (Å²) in [6, 6.07) is 17.7. The number of tetrazole rings is 1. The van der Waals surface area contributed by atoms with Gasteiger partial charge < -0.3 is 4.74 Å². The fraction of sp³-hybridized carbons (Fsp3) is 0.355. The second-order valence-electron chi connectivity index (χ2n) is 11.4. The average Bonchev–Trinajstić information content (AvgIpc) is 3.38. The van der Waals surface area contributed by atoms with Crippen molar-refractivity contribution in [3.63, 3.8) is 0 Å². The lowest BCUT2D eigenvalue weighted by atomic mass is 9.88. The van der Waals surface area contributed by atoms with Gasteiger partial charge in [0.2, 0.25) is 0 Å². The first-order chi connectivity index (χ1) is 18.8. The van der Waals surface area contributed by atoms with Gasteiger partial charge in [-0.3, -0.25) is 10.1 Å². The van der Waals surface area contributed by atoms with E-state index in [0.717, 1.165) is 53.3 Å². The zero-order valence-electron chi connectivity index (χ0n) is 23.7. The number of ether oxygens (including phenoxy) is 1. The second-order valence-corrected chi connectivity index (χ2v) is 11.4. The number of hydrogen-bond donors (Lipinski definition) is 2. The molecule has 4 aromatic rings. The minimum absolute atomic E-state index is 0.00786. The molecule has 1 aromatic heterocycles. The molecule has 0 aliphatic carbocycles. The van der Waals surface area contributed by atoms with E-state index in [1.54, 1.807) is 24.3 Å². The Morgan fingerprint density at radius 2 is 1.60 bits per heavy atom. The van der Waals surface area contributed by atoms with Crippen LogP contribution in [0.1, 0.15) is 79.3 Å². The zero-order chi connectivity index (χ0) is 29.1. The van der Waals surface area contributed by atoms with Crippen molar-refractivity contribution in [3.05, 3.63) is 88.5 Å². The van der Waals surface area contributed by atoms with Crippen LogP contribution in [0.15, 0.2) is 60.7 Å². The van der Waals surface area contributed by atoms with Crippen molar-refractivity contribution in [3.8, 4) is 16.9 Å². The number of aryl methyl sites for hydroxylation is 2. The van der Waals surface area contributed by atoms with Crippen molar-refractivity contribution in [2.24, 2.45) is 5.41 Å². The van der Waals surface area contributed by atoms with E-state index in [9.17, 15) is 13.6 Å². The molecule has 0 fully saturated rings. The SMILES string of the molecule is Cc1cc(OC(CCC(C)(C)C)c2ccc(C(=O)Nc3nn[nH]n3)cc2)cc(C)c1-c1ccc(C(C)(F)F)cc1. The van der Waals surface area contributed by atoms with E-state index in [0.29, 0.717) is 5.56 Å². The summed E-state index contributed by atoms with van der Waals surface area (Å²) in [4.78, 5) is 12.5. The Morgan fingerprint density at radius 3 is 2.12 bits per heavy atom. The Labute approximate surface area is 233 Å². The molecule has 1 unspecified atom stereocenters. The number of carbonyl (C=O) groups is 1. The van der Waals surface area contributed by atoms with Crippen molar-refractivity contribution in [1.82, 2.24) is 20.6 Å². The van der Waals surface area contributed by atoms with Crippen LogP contribution < -0.4 is 10.1 Å². The average molecular weight is 548 g/mol. The third-order valence-corrected chi connectivity index (χ3v) is 6.74. The number of nitrogens with one attached hydrogen (secondary N) is 2. The predicted molar refractivity (Wildman–Crippen MR) is 152 cm³/mol. The number of nitrogens with zero attached hydrogens (tertiary/aromatic N) is 3. The minimum atomic E-state index is -2.88. The summed E-state index contributed by atoms with van der Waals surface area (Å²) >= 11 is 0. The summed E-state index contributed by atoms with van der Waals surface area (Å²) in [6.45, 7) is 11.5. The molecular formula is C31H35F2N5O2. The van der Waals surface area contributed by atoms with Gasteiger partial charge in [-0.2, -0.15) is 5.21 Å². The number of alkyl halides is 2. The van der Waals surface area contributed by atoms with E-state index in [1.165, 1.54) is 12.1 Å². The number of rotatable bonds is 9. The highest BCUT2D eigenvalue weighted by atomic mass is 19.3. The largest absolute Gasteiger partial charge is 0.486 e. The molecule has 1 atom stereocenters. The molecule has 0 aliphatic rings. The smallest absolute Gasteiger partial charge is 0.270 e. The number of halogens is 2. The van der Waals surface area contributed by atoms with Crippen LogP contribution >= 0.6 is 0 Å². The first-order valence-corrected chi connectivity index (χ1v) is 13.2. The van der Waals surface area contributed by atoms with Crippen LogP contribution in [0.2, 0.25) is 0 Å². The molecule has 4 rings (SSSR count). The highest BCUT2D eigenvalue weighted by Crippen LogP contribution is 2.36. The summed E-state index contributed by atoms with van der Waals surface area (Å²) in [6.07, 6.45) is 1.48. The third kappa shape index (κ3) is 7.28. The predicted octanol–water partition coefficient (Wildman–Crippen LogP) is 7.79. The number of hydrogen-bond acceptors (Lipinski definition) is 5. The lowest BCUT2D eigenvalue weighted by molar-refractivity contribution is 0.0175. The van der Waals surface area contributed by atoms with Crippen LogP contribution in [-0.2, 0) is 5.92 Å². The highest BCUT2D eigenvalue weighted by Gasteiger charge is 2.24. The molecule has 7 nitrogen and oxygen atoms in total. The van der Waals surface area contributed by atoms with Crippen LogP contribution in [0.5, 0.6) is 5.75 Å². The summed E-state index contributed by atoms with van der Waals surface area (Å²) in [5.74, 6) is -2.38. The molecule has 1 amide bonds. The molecule has 0 saturated heterocycles. The van der Waals surface area contributed by atoms with Gasteiger partial charge >= 0.3 is 0 Å². The van der Waals surface area contributed by atoms with Crippen molar-refractivity contribution < 1.29 is 18.3 Å². The fourth-order valence-electron chi connectivity index (χ4n) is 4.64. The minimum Gasteiger partial charge on any atom is -0.486 e. The number of amides is 1. The molecular weight excluding hydrogens is 512 g/mol. The van der Waals surface area contributed by atoms with Crippen molar-refractivity contribution in [1.29, 1.82) is 0 Å². The number of aromatic nitrogens is 4. The molecule has 0 spiro atoms. The van der Waals surface area contributed by atoms with E-state index in [2.05, 4.69) is 46.7 Å².